The van der Waals surface area contributed by atoms with Gasteiger partial charge in [-0.15, -0.1) is 0 Å². The van der Waals surface area contributed by atoms with Crippen LogP contribution in [0, 0.1) is 11.8 Å². The first kappa shape index (κ1) is 19.8. The van der Waals surface area contributed by atoms with Gasteiger partial charge in [-0.25, -0.2) is 0 Å². The number of carbonyl (C=O) groups excluding carboxylic acids is 3. The lowest BCUT2D eigenvalue weighted by Gasteiger charge is -2.46. The van der Waals surface area contributed by atoms with Gasteiger partial charge in [0.25, 0.3) is 5.91 Å². The summed E-state index contributed by atoms with van der Waals surface area (Å²) >= 11 is 0. The smallest absolute Gasteiger partial charge is 0.255 e. The number of nitrogens with one attached hydrogen (secondary N) is 2. The standard InChI is InChI=1S/C24H28N4O4/c1-14(2)28-13-23-8-7-17(32-23)18(19(23)22(28)31)21(30)27-11-9-24(10-12-27)25-16-6-4-3-5-15(16)20(29)26-24/h3-8,14,17-19,25H,9-13H2,1-2H3,(H,26,29)/t17-,18-,19-,23-/m1/s1. The van der Waals surface area contributed by atoms with Gasteiger partial charge in [0.15, 0.2) is 0 Å². The highest BCUT2D eigenvalue weighted by atomic mass is 16.5. The lowest BCUT2D eigenvalue weighted by Crippen LogP contribution is -2.63. The molecule has 5 aliphatic rings. The Morgan fingerprint density at radius 3 is 2.66 bits per heavy atom. The first-order chi connectivity index (χ1) is 15.3. The lowest BCUT2D eigenvalue weighted by atomic mass is 9.76. The summed E-state index contributed by atoms with van der Waals surface area (Å²) in [7, 11) is 0. The van der Waals surface area contributed by atoms with Crippen molar-refractivity contribution in [3.63, 3.8) is 0 Å². The van der Waals surface area contributed by atoms with Crippen LogP contribution in [0.3, 0.4) is 0 Å². The third-order valence-corrected chi connectivity index (χ3v) is 7.87. The van der Waals surface area contributed by atoms with Gasteiger partial charge in [-0.05, 0) is 26.0 Å². The molecule has 32 heavy (non-hydrogen) atoms. The second kappa shape index (κ2) is 6.57. The van der Waals surface area contributed by atoms with Crippen molar-refractivity contribution in [2.45, 2.75) is 50.1 Å². The van der Waals surface area contributed by atoms with E-state index in [1.807, 2.05) is 54.0 Å². The van der Waals surface area contributed by atoms with E-state index in [9.17, 15) is 14.4 Å². The summed E-state index contributed by atoms with van der Waals surface area (Å²) in [4.78, 5) is 43.1. The average molecular weight is 437 g/mol. The fourth-order valence-electron chi connectivity index (χ4n) is 6.18. The number of ether oxygens (including phenoxy) is 1. The van der Waals surface area contributed by atoms with E-state index in [1.54, 1.807) is 6.07 Å². The number of anilines is 1. The van der Waals surface area contributed by atoms with Crippen LogP contribution in [0.4, 0.5) is 5.69 Å². The summed E-state index contributed by atoms with van der Waals surface area (Å²) in [6.45, 7) is 5.54. The maximum atomic E-state index is 13.6. The summed E-state index contributed by atoms with van der Waals surface area (Å²) in [6, 6.07) is 7.56. The molecule has 2 N–H and O–H groups in total. The van der Waals surface area contributed by atoms with E-state index in [0.717, 1.165) is 5.69 Å². The van der Waals surface area contributed by atoms with Crippen molar-refractivity contribution >= 4 is 23.4 Å². The van der Waals surface area contributed by atoms with E-state index in [1.165, 1.54) is 0 Å². The van der Waals surface area contributed by atoms with Crippen molar-refractivity contribution in [1.82, 2.24) is 15.1 Å². The second-order valence-electron chi connectivity index (χ2n) is 9.99. The predicted molar refractivity (Wildman–Crippen MR) is 117 cm³/mol. The van der Waals surface area contributed by atoms with Gasteiger partial charge >= 0.3 is 0 Å². The van der Waals surface area contributed by atoms with E-state index < -0.39 is 23.1 Å². The lowest BCUT2D eigenvalue weighted by molar-refractivity contribution is -0.144. The van der Waals surface area contributed by atoms with Crippen LogP contribution in [-0.4, -0.2) is 70.6 Å². The Balaban J connectivity index is 1.19. The Labute approximate surface area is 186 Å². The number of benzene rings is 1. The van der Waals surface area contributed by atoms with Gasteiger partial charge in [0.05, 0.1) is 30.0 Å². The molecule has 6 rings (SSSR count). The summed E-state index contributed by atoms with van der Waals surface area (Å²) < 4.78 is 6.23. The molecule has 168 valence electrons. The van der Waals surface area contributed by atoms with E-state index in [0.29, 0.717) is 38.0 Å². The van der Waals surface area contributed by atoms with Gasteiger partial charge in [0, 0.05) is 37.7 Å². The van der Waals surface area contributed by atoms with Crippen molar-refractivity contribution in [3.05, 3.63) is 42.0 Å². The zero-order chi connectivity index (χ0) is 22.3. The fourth-order valence-corrected chi connectivity index (χ4v) is 6.18. The molecule has 0 saturated carbocycles. The molecule has 8 heteroatoms. The van der Waals surface area contributed by atoms with Gasteiger partial charge in [-0.3, -0.25) is 14.4 Å². The van der Waals surface area contributed by atoms with E-state index in [2.05, 4.69) is 10.6 Å². The minimum absolute atomic E-state index is 0.0115. The molecule has 0 unspecified atom stereocenters. The molecule has 2 bridgehead atoms. The average Bonchev–Trinajstić information content (AvgIpc) is 3.42. The molecule has 1 aromatic carbocycles. The normalized spacial score (nSPS) is 34.0. The van der Waals surface area contributed by atoms with Crippen LogP contribution in [0.25, 0.3) is 0 Å². The monoisotopic (exact) mass is 436 g/mol. The summed E-state index contributed by atoms with van der Waals surface area (Å²) in [5.41, 5.74) is 0.259. The van der Waals surface area contributed by atoms with Crippen LogP contribution in [0.15, 0.2) is 36.4 Å². The van der Waals surface area contributed by atoms with Crippen LogP contribution in [0.5, 0.6) is 0 Å². The number of hydrogen-bond donors (Lipinski definition) is 2. The Kier molecular flexibility index (Phi) is 4.06. The largest absolute Gasteiger partial charge is 0.362 e. The number of nitrogens with zero attached hydrogens (tertiary/aromatic N) is 2. The summed E-state index contributed by atoms with van der Waals surface area (Å²) in [5.74, 6) is -0.986. The molecule has 5 aliphatic heterocycles. The highest BCUT2D eigenvalue weighted by Crippen LogP contribution is 2.52. The Morgan fingerprint density at radius 1 is 1.16 bits per heavy atom. The van der Waals surface area contributed by atoms with Crippen LogP contribution in [0.1, 0.15) is 37.0 Å². The van der Waals surface area contributed by atoms with Gasteiger partial charge < -0.3 is 25.2 Å². The van der Waals surface area contributed by atoms with Crippen molar-refractivity contribution in [2.24, 2.45) is 11.8 Å². The molecule has 1 aromatic rings. The van der Waals surface area contributed by atoms with Crippen LogP contribution in [0.2, 0.25) is 0 Å². The number of amides is 3. The molecule has 0 aliphatic carbocycles. The van der Waals surface area contributed by atoms with Crippen molar-refractivity contribution in [2.75, 3.05) is 25.0 Å². The Hall–Kier alpha value is -2.87. The van der Waals surface area contributed by atoms with E-state index in [-0.39, 0.29) is 29.9 Å². The number of carbonyl (C=O) groups is 3. The zero-order valence-electron chi connectivity index (χ0n) is 18.3. The number of piperidine rings is 1. The molecule has 2 spiro atoms. The first-order valence-corrected chi connectivity index (χ1v) is 11.5. The molecule has 0 radical (unpaired) electrons. The molecule has 4 atom stereocenters. The quantitative estimate of drug-likeness (QED) is 0.683. The third-order valence-electron chi connectivity index (χ3n) is 7.87. The highest BCUT2D eigenvalue weighted by Gasteiger charge is 2.67. The number of fused-ring (bicyclic) bond motifs is 2. The number of para-hydroxylation sites is 1. The van der Waals surface area contributed by atoms with Gasteiger partial charge in [0.2, 0.25) is 11.8 Å². The molecule has 3 amide bonds. The molecule has 0 aromatic heterocycles. The minimum atomic E-state index is -0.661. The molecule has 3 saturated heterocycles. The SMILES string of the molecule is CC(C)N1C[C@@]23C=C[C@@H](O2)[C@@H](C(=O)N2CCC4(CC2)NC(=O)c2ccccc2N4)[C@@H]3C1=O. The maximum Gasteiger partial charge on any atom is 0.255 e. The van der Waals surface area contributed by atoms with E-state index in [4.69, 9.17) is 4.74 Å². The first-order valence-electron chi connectivity index (χ1n) is 11.5. The van der Waals surface area contributed by atoms with Crippen molar-refractivity contribution in [3.8, 4) is 0 Å². The maximum absolute atomic E-state index is 13.6. The number of likely N-dealkylation sites (tertiary alicyclic amines) is 2. The predicted octanol–water partition coefficient (Wildman–Crippen LogP) is 1.35. The number of hydrogen-bond acceptors (Lipinski definition) is 5. The molecule has 3 fully saturated rings. The fraction of sp³-hybridized carbons (Fsp3) is 0.542. The van der Waals surface area contributed by atoms with Crippen LogP contribution < -0.4 is 10.6 Å². The molecular formula is C24H28N4O4. The zero-order valence-corrected chi connectivity index (χ0v) is 18.3. The highest BCUT2D eigenvalue weighted by molar-refractivity contribution is 6.02. The topological polar surface area (TPSA) is 91.0 Å². The van der Waals surface area contributed by atoms with Gasteiger partial charge in [0.1, 0.15) is 11.3 Å². The Bertz CT molecular complexity index is 1040. The molecular weight excluding hydrogens is 408 g/mol. The Morgan fingerprint density at radius 2 is 1.91 bits per heavy atom. The van der Waals surface area contributed by atoms with Gasteiger partial charge in [-0.2, -0.15) is 0 Å². The summed E-state index contributed by atoms with van der Waals surface area (Å²) in [5, 5.41) is 6.61. The minimum Gasteiger partial charge on any atom is -0.362 e. The second-order valence-corrected chi connectivity index (χ2v) is 9.99. The van der Waals surface area contributed by atoms with E-state index >= 15 is 0 Å². The van der Waals surface area contributed by atoms with Crippen molar-refractivity contribution in [1.29, 1.82) is 0 Å². The molecule has 5 heterocycles. The van der Waals surface area contributed by atoms with Gasteiger partial charge in [-0.1, -0.05) is 24.3 Å². The van der Waals surface area contributed by atoms with Crippen LogP contribution >= 0.6 is 0 Å². The van der Waals surface area contributed by atoms with Crippen molar-refractivity contribution < 1.29 is 19.1 Å². The third kappa shape index (κ3) is 2.62. The molecule has 8 nitrogen and oxygen atoms in total. The van der Waals surface area contributed by atoms with Crippen LogP contribution in [-0.2, 0) is 14.3 Å². The number of rotatable bonds is 2. The summed E-state index contributed by atoms with van der Waals surface area (Å²) in [6.07, 6.45) is 4.84.